The van der Waals surface area contributed by atoms with Gasteiger partial charge in [-0.15, -0.1) is 0 Å². The average molecular weight is 174 g/mol. The summed E-state index contributed by atoms with van der Waals surface area (Å²) in [7, 11) is 2.86. The largest absolute Gasteiger partial charge is 0.469 e. The summed E-state index contributed by atoms with van der Waals surface area (Å²) >= 11 is 0. The molecule has 0 radical (unpaired) electrons. The number of ether oxygens (including phenoxy) is 2. The van der Waals surface area contributed by atoms with Gasteiger partial charge >= 0.3 is 5.97 Å². The Morgan fingerprint density at radius 3 is 2.58 bits per heavy atom. The Bertz CT molecular complexity index is 144. The highest BCUT2D eigenvalue weighted by atomic mass is 16.5. The van der Waals surface area contributed by atoms with Crippen LogP contribution < -0.4 is 0 Å². The molecule has 4 heteroatoms. The van der Waals surface area contributed by atoms with Gasteiger partial charge in [-0.25, -0.2) is 0 Å². The van der Waals surface area contributed by atoms with Crippen molar-refractivity contribution in [1.82, 2.24) is 0 Å². The topological polar surface area (TPSA) is 52.6 Å². The van der Waals surface area contributed by atoms with Gasteiger partial charge < -0.3 is 14.3 Å². The number of rotatable bonds is 6. The summed E-state index contributed by atoms with van der Waals surface area (Å²) < 4.78 is 9.20. The quantitative estimate of drug-likeness (QED) is 0.432. The van der Waals surface area contributed by atoms with E-state index in [0.29, 0.717) is 13.0 Å². The molecule has 0 amide bonds. The predicted octanol–water partition coefficient (Wildman–Crippen LogP) is 0.401. The summed E-state index contributed by atoms with van der Waals surface area (Å²) in [6.07, 6.45) is 1.47. The van der Waals surface area contributed by atoms with Crippen molar-refractivity contribution in [3.8, 4) is 0 Å². The molecular formula is C8H14O4. The van der Waals surface area contributed by atoms with E-state index in [1.807, 2.05) is 0 Å². The number of methoxy groups -OCH3 is 2. The zero-order chi connectivity index (χ0) is 9.40. The van der Waals surface area contributed by atoms with E-state index >= 15 is 0 Å². The number of carbonyl (C=O) groups is 2. The second-order valence-corrected chi connectivity index (χ2v) is 2.46. The van der Waals surface area contributed by atoms with Gasteiger partial charge in [0.05, 0.1) is 13.5 Å². The van der Waals surface area contributed by atoms with Crippen LogP contribution in [0.3, 0.4) is 0 Å². The van der Waals surface area contributed by atoms with E-state index < -0.39 is 0 Å². The van der Waals surface area contributed by atoms with Crippen molar-refractivity contribution in [2.24, 2.45) is 5.92 Å². The van der Waals surface area contributed by atoms with Gasteiger partial charge in [0.15, 0.2) is 0 Å². The molecule has 0 aromatic rings. The lowest BCUT2D eigenvalue weighted by Crippen LogP contribution is -2.13. The first-order valence-electron chi connectivity index (χ1n) is 3.75. The van der Waals surface area contributed by atoms with Crippen LogP contribution in [-0.4, -0.2) is 33.1 Å². The minimum Gasteiger partial charge on any atom is -0.469 e. The minimum absolute atomic E-state index is 0.142. The highest BCUT2D eigenvalue weighted by Gasteiger charge is 2.12. The molecule has 1 atom stereocenters. The lowest BCUT2D eigenvalue weighted by molar-refractivity contribution is -0.142. The molecule has 0 bridgehead atoms. The third-order valence-corrected chi connectivity index (χ3v) is 1.54. The highest BCUT2D eigenvalue weighted by molar-refractivity contribution is 5.73. The summed E-state index contributed by atoms with van der Waals surface area (Å²) in [5.74, 6) is -0.638. The van der Waals surface area contributed by atoms with Crippen LogP contribution in [-0.2, 0) is 19.1 Å². The Labute approximate surface area is 71.8 Å². The van der Waals surface area contributed by atoms with Crippen molar-refractivity contribution in [1.29, 1.82) is 0 Å². The first kappa shape index (κ1) is 11.1. The van der Waals surface area contributed by atoms with Crippen molar-refractivity contribution in [3.05, 3.63) is 0 Å². The van der Waals surface area contributed by atoms with Crippen LogP contribution in [0.15, 0.2) is 0 Å². The van der Waals surface area contributed by atoms with Crippen LogP contribution in [0, 0.1) is 5.92 Å². The van der Waals surface area contributed by atoms with E-state index in [1.54, 1.807) is 7.11 Å². The van der Waals surface area contributed by atoms with E-state index in [0.717, 1.165) is 6.29 Å². The van der Waals surface area contributed by atoms with Crippen LogP contribution in [0.5, 0.6) is 0 Å². The maximum absolute atomic E-state index is 10.7. The number of hydrogen-bond acceptors (Lipinski definition) is 4. The van der Waals surface area contributed by atoms with Gasteiger partial charge in [-0.1, -0.05) is 0 Å². The zero-order valence-corrected chi connectivity index (χ0v) is 7.41. The minimum atomic E-state index is -0.358. The predicted molar refractivity (Wildman–Crippen MR) is 42.7 cm³/mol. The summed E-state index contributed by atoms with van der Waals surface area (Å²) in [4.78, 5) is 21.1. The molecule has 4 nitrogen and oxygen atoms in total. The molecular weight excluding hydrogens is 160 g/mol. The van der Waals surface area contributed by atoms with Crippen LogP contribution in [0.4, 0.5) is 0 Å². The molecule has 0 spiro atoms. The maximum atomic E-state index is 10.7. The summed E-state index contributed by atoms with van der Waals surface area (Å²) in [5, 5.41) is 0. The molecule has 0 saturated carbocycles. The van der Waals surface area contributed by atoms with Crippen molar-refractivity contribution in [2.75, 3.05) is 20.8 Å². The zero-order valence-electron chi connectivity index (χ0n) is 7.41. The first-order valence-corrected chi connectivity index (χ1v) is 3.75. The highest BCUT2D eigenvalue weighted by Crippen LogP contribution is 2.06. The van der Waals surface area contributed by atoms with E-state index in [2.05, 4.69) is 4.74 Å². The Morgan fingerprint density at radius 1 is 1.50 bits per heavy atom. The summed E-state index contributed by atoms with van der Waals surface area (Å²) in [5.41, 5.74) is 0. The molecule has 0 heterocycles. The number of aldehydes is 1. The number of esters is 1. The van der Waals surface area contributed by atoms with Gasteiger partial charge in [0, 0.05) is 19.6 Å². The first-order chi connectivity index (χ1) is 5.74. The fourth-order valence-electron chi connectivity index (χ4n) is 0.785. The SMILES string of the molecule is COCCC(C=O)CC(=O)OC. The van der Waals surface area contributed by atoms with Crippen molar-refractivity contribution < 1.29 is 19.1 Å². The van der Waals surface area contributed by atoms with E-state index in [9.17, 15) is 9.59 Å². The fourth-order valence-corrected chi connectivity index (χ4v) is 0.785. The van der Waals surface area contributed by atoms with Gasteiger partial charge in [-0.2, -0.15) is 0 Å². The van der Waals surface area contributed by atoms with Gasteiger partial charge in [-0.3, -0.25) is 4.79 Å². The molecule has 0 aliphatic rings. The van der Waals surface area contributed by atoms with Crippen LogP contribution in [0.25, 0.3) is 0 Å². The molecule has 0 saturated heterocycles. The molecule has 70 valence electrons. The lowest BCUT2D eigenvalue weighted by Gasteiger charge is -2.06. The number of hydrogen-bond donors (Lipinski definition) is 0. The summed E-state index contributed by atoms with van der Waals surface area (Å²) in [6.45, 7) is 0.487. The Kier molecular flexibility index (Phi) is 6.28. The van der Waals surface area contributed by atoms with Gasteiger partial charge in [0.1, 0.15) is 6.29 Å². The molecule has 0 aliphatic heterocycles. The Hall–Kier alpha value is -0.900. The Balaban J connectivity index is 3.66. The standard InChI is InChI=1S/C8H14O4/c1-11-4-3-7(6-9)5-8(10)12-2/h6-7H,3-5H2,1-2H3. The molecule has 0 aromatic carbocycles. The molecule has 0 aromatic heterocycles. The van der Waals surface area contributed by atoms with Crippen molar-refractivity contribution in [3.63, 3.8) is 0 Å². The van der Waals surface area contributed by atoms with E-state index in [1.165, 1.54) is 7.11 Å². The average Bonchev–Trinajstić information content (AvgIpc) is 2.11. The van der Waals surface area contributed by atoms with E-state index in [4.69, 9.17) is 4.74 Å². The van der Waals surface area contributed by atoms with Gasteiger partial charge in [0.2, 0.25) is 0 Å². The molecule has 0 fully saturated rings. The van der Waals surface area contributed by atoms with Crippen molar-refractivity contribution >= 4 is 12.3 Å². The number of carbonyl (C=O) groups excluding carboxylic acids is 2. The van der Waals surface area contributed by atoms with Crippen LogP contribution in [0.1, 0.15) is 12.8 Å². The van der Waals surface area contributed by atoms with Crippen molar-refractivity contribution in [2.45, 2.75) is 12.8 Å². The smallest absolute Gasteiger partial charge is 0.306 e. The second-order valence-electron chi connectivity index (χ2n) is 2.46. The molecule has 0 aliphatic carbocycles. The lowest BCUT2D eigenvalue weighted by atomic mass is 10.0. The maximum Gasteiger partial charge on any atom is 0.306 e. The molecule has 0 N–H and O–H groups in total. The van der Waals surface area contributed by atoms with Crippen LogP contribution >= 0.6 is 0 Å². The monoisotopic (exact) mass is 174 g/mol. The molecule has 12 heavy (non-hydrogen) atoms. The van der Waals surface area contributed by atoms with E-state index in [-0.39, 0.29) is 18.3 Å². The molecule has 0 rings (SSSR count). The second kappa shape index (κ2) is 6.79. The third-order valence-electron chi connectivity index (χ3n) is 1.54. The fraction of sp³-hybridized carbons (Fsp3) is 0.750. The summed E-state index contributed by atoms with van der Waals surface area (Å²) in [6, 6.07) is 0. The molecule has 1 unspecified atom stereocenters. The third kappa shape index (κ3) is 4.85. The van der Waals surface area contributed by atoms with Gasteiger partial charge in [-0.05, 0) is 6.42 Å². The normalized spacial score (nSPS) is 12.2. The van der Waals surface area contributed by atoms with Crippen LogP contribution in [0.2, 0.25) is 0 Å². The van der Waals surface area contributed by atoms with Gasteiger partial charge in [0.25, 0.3) is 0 Å². The Morgan fingerprint density at radius 2 is 2.17 bits per heavy atom.